The summed E-state index contributed by atoms with van der Waals surface area (Å²) in [5, 5.41) is 4.96. The van der Waals surface area contributed by atoms with Crippen LogP contribution in [0.4, 0.5) is 22.0 Å². The predicted octanol–water partition coefficient (Wildman–Crippen LogP) is 4.05. The molecule has 0 saturated heterocycles. The highest BCUT2D eigenvalue weighted by Gasteiger charge is 2.44. The van der Waals surface area contributed by atoms with Crippen molar-refractivity contribution in [1.82, 2.24) is 20.2 Å². The molecule has 0 radical (unpaired) electrons. The number of hydrogen-bond donors (Lipinski definition) is 2. The first kappa shape index (κ1) is 23.1. The van der Waals surface area contributed by atoms with Crippen molar-refractivity contribution in [3.63, 3.8) is 0 Å². The van der Waals surface area contributed by atoms with Crippen LogP contribution in [0.25, 0.3) is 11.0 Å². The Morgan fingerprint density at radius 1 is 1.03 bits per heavy atom. The van der Waals surface area contributed by atoms with Crippen LogP contribution in [-0.2, 0) is 16.6 Å². The van der Waals surface area contributed by atoms with Crippen molar-refractivity contribution in [3.8, 4) is 0 Å². The van der Waals surface area contributed by atoms with Gasteiger partial charge in [-0.15, -0.1) is 0 Å². The van der Waals surface area contributed by atoms with Crippen molar-refractivity contribution in [3.05, 3.63) is 89.8 Å². The van der Waals surface area contributed by atoms with Gasteiger partial charge in [0.25, 0.3) is 5.91 Å². The molecule has 0 aliphatic heterocycles. The van der Waals surface area contributed by atoms with E-state index in [1.165, 1.54) is 54.6 Å². The van der Waals surface area contributed by atoms with Crippen LogP contribution in [0.3, 0.4) is 0 Å². The van der Waals surface area contributed by atoms with Crippen LogP contribution in [0.5, 0.6) is 0 Å². The molecule has 2 aromatic carbocycles. The minimum Gasteiger partial charge on any atom is -0.342 e. The number of rotatable bonds is 4. The van der Waals surface area contributed by atoms with Crippen molar-refractivity contribution < 1.29 is 31.5 Å². The highest BCUT2D eigenvalue weighted by molar-refractivity contribution is 5.95. The normalized spacial score (nSPS) is 19.9. The number of carbonyl (C=O) groups excluding carboxylic acids is 2. The molecule has 0 unspecified atom stereocenters. The molecule has 0 bridgehead atoms. The average Bonchev–Trinajstić information content (AvgIpc) is 3.18. The second-order valence-electron chi connectivity index (χ2n) is 7.58. The van der Waals surface area contributed by atoms with Crippen molar-refractivity contribution in [2.75, 3.05) is 0 Å². The molecular weight excluding hydrogens is 459 g/mol. The number of amides is 2. The van der Waals surface area contributed by atoms with Gasteiger partial charge in [-0.3, -0.25) is 14.2 Å². The number of hydrogen-bond acceptors (Lipinski definition) is 3. The van der Waals surface area contributed by atoms with E-state index < -0.39 is 52.7 Å². The Bertz CT molecular complexity index is 1330. The fourth-order valence-electron chi connectivity index (χ4n) is 3.79. The van der Waals surface area contributed by atoms with Crippen molar-refractivity contribution >= 4 is 22.8 Å². The summed E-state index contributed by atoms with van der Waals surface area (Å²) in [7, 11) is 0. The molecule has 6 nitrogen and oxygen atoms in total. The molecule has 0 atom stereocenters. The van der Waals surface area contributed by atoms with E-state index in [0.29, 0.717) is 0 Å². The average molecular weight is 476 g/mol. The highest BCUT2D eigenvalue weighted by Crippen LogP contribution is 2.37. The molecule has 11 heteroatoms. The molecule has 3 aromatic rings. The van der Waals surface area contributed by atoms with Gasteiger partial charge in [-0.2, -0.15) is 13.2 Å². The maximum absolute atomic E-state index is 13.9. The summed E-state index contributed by atoms with van der Waals surface area (Å²) in [6, 6.07) is 8.18. The van der Waals surface area contributed by atoms with Crippen molar-refractivity contribution in [2.45, 2.75) is 24.8 Å². The third kappa shape index (κ3) is 4.16. The summed E-state index contributed by atoms with van der Waals surface area (Å²) in [6.07, 6.45) is 0.362. The minimum atomic E-state index is -4.84. The van der Waals surface area contributed by atoms with Gasteiger partial charge in [0, 0.05) is 6.92 Å². The second kappa shape index (κ2) is 8.40. The Kier molecular flexibility index (Phi) is 5.72. The third-order valence-electron chi connectivity index (χ3n) is 5.17. The fourth-order valence-corrected chi connectivity index (χ4v) is 3.79. The number of carbonyl (C=O) groups is 2. The number of fused-ring (bicyclic) bond motifs is 1. The van der Waals surface area contributed by atoms with Crippen molar-refractivity contribution in [2.24, 2.45) is 0 Å². The predicted molar refractivity (Wildman–Crippen MR) is 112 cm³/mol. The summed E-state index contributed by atoms with van der Waals surface area (Å²) < 4.78 is 69.9. The van der Waals surface area contributed by atoms with Gasteiger partial charge >= 0.3 is 6.18 Å². The molecule has 0 fully saturated rings. The molecule has 2 amide bonds. The molecule has 1 aliphatic rings. The van der Waals surface area contributed by atoms with Crippen LogP contribution >= 0.6 is 0 Å². The van der Waals surface area contributed by atoms with Crippen LogP contribution < -0.4 is 10.6 Å². The van der Waals surface area contributed by atoms with Crippen LogP contribution in [0, 0.1) is 11.6 Å². The third-order valence-corrected chi connectivity index (χ3v) is 5.17. The second-order valence-corrected chi connectivity index (χ2v) is 7.58. The van der Waals surface area contributed by atoms with Crippen LogP contribution in [0.15, 0.2) is 66.8 Å². The highest BCUT2D eigenvalue weighted by atomic mass is 19.4. The van der Waals surface area contributed by atoms with Gasteiger partial charge in [0.2, 0.25) is 11.7 Å². The molecule has 34 heavy (non-hydrogen) atoms. The smallest absolute Gasteiger partial charge is 0.342 e. The summed E-state index contributed by atoms with van der Waals surface area (Å²) in [5.41, 5.74) is -2.14. The van der Waals surface area contributed by atoms with Crippen LogP contribution in [0.2, 0.25) is 0 Å². The zero-order valence-electron chi connectivity index (χ0n) is 17.5. The lowest BCUT2D eigenvalue weighted by atomic mass is 9.99. The maximum atomic E-state index is 13.9. The first-order chi connectivity index (χ1) is 16.0. The van der Waals surface area contributed by atoms with E-state index in [1.807, 2.05) is 0 Å². The number of para-hydroxylation sites is 2. The van der Waals surface area contributed by atoms with E-state index in [0.717, 1.165) is 23.6 Å². The number of benzene rings is 2. The zero-order chi connectivity index (χ0) is 24.7. The molecule has 176 valence electrons. The van der Waals surface area contributed by atoms with E-state index in [1.54, 1.807) is 0 Å². The van der Waals surface area contributed by atoms with Crippen molar-refractivity contribution in [1.29, 1.82) is 0 Å². The molecule has 1 aromatic heterocycles. The van der Waals surface area contributed by atoms with Crippen LogP contribution in [0.1, 0.15) is 23.1 Å². The molecule has 0 spiro atoms. The van der Waals surface area contributed by atoms with E-state index in [4.69, 9.17) is 0 Å². The van der Waals surface area contributed by atoms with E-state index >= 15 is 0 Å². The SMILES string of the molecule is CC(=O)NC1(n2c(C(F)(F)F)nc3ccccc32)C=CC(NC(=O)c2cccc(F)c2F)C=C1. The standard InChI is InChI=1S/C23H17F5N4O2/c1-13(33)31-22(32-18-8-3-2-7-17(18)30-21(32)23(26,27)28)11-9-14(10-12-22)29-20(34)15-5-4-6-16(24)19(15)25/h2-12,14H,1H3,(H,29,34)(H,31,33). The Hall–Kier alpha value is -4.02. The Morgan fingerprint density at radius 3 is 2.35 bits per heavy atom. The monoisotopic (exact) mass is 476 g/mol. The summed E-state index contributed by atoms with van der Waals surface area (Å²) >= 11 is 0. The molecule has 2 N–H and O–H groups in total. The largest absolute Gasteiger partial charge is 0.449 e. The number of imidazole rings is 1. The number of aromatic nitrogens is 2. The van der Waals surface area contributed by atoms with Crippen LogP contribution in [-0.4, -0.2) is 27.4 Å². The number of nitrogens with zero attached hydrogens (tertiary/aromatic N) is 2. The minimum absolute atomic E-state index is 0.0679. The van der Waals surface area contributed by atoms with Gasteiger partial charge in [0.1, 0.15) is 0 Å². The lowest BCUT2D eigenvalue weighted by Crippen LogP contribution is -2.50. The summed E-state index contributed by atoms with van der Waals surface area (Å²) in [4.78, 5) is 28.1. The van der Waals surface area contributed by atoms with Gasteiger partial charge in [-0.25, -0.2) is 13.8 Å². The zero-order valence-corrected chi connectivity index (χ0v) is 17.5. The molecule has 1 aliphatic carbocycles. The lowest BCUT2D eigenvalue weighted by molar-refractivity contribution is -0.149. The number of alkyl halides is 3. The quantitative estimate of drug-likeness (QED) is 0.441. The van der Waals surface area contributed by atoms with Gasteiger partial charge in [-0.1, -0.05) is 30.4 Å². The van der Waals surface area contributed by atoms with Gasteiger partial charge < -0.3 is 10.6 Å². The number of nitrogens with one attached hydrogen (secondary N) is 2. The van der Waals surface area contributed by atoms with E-state index in [2.05, 4.69) is 15.6 Å². The van der Waals surface area contributed by atoms with E-state index in [9.17, 15) is 31.5 Å². The lowest BCUT2D eigenvalue weighted by Gasteiger charge is -2.35. The number of halogens is 5. The van der Waals surface area contributed by atoms with Gasteiger partial charge in [-0.05, 0) is 36.4 Å². The first-order valence-electron chi connectivity index (χ1n) is 9.99. The van der Waals surface area contributed by atoms with E-state index in [-0.39, 0.29) is 11.0 Å². The molecule has 4 rings (SSSR count). The topological polar surface area (TPSA) is 76.0 Å². The Balaban J connectivity index is 1.74. The Labute approximate surface area is 189 Å². The molecule has 0 saturated carbocycles. The maximum Gasteiger partial charge on any atom is 0.449 e. The molecular formula is C23H17F5N4O2. The summed E-state index contributed by atoms with van der Waals surface area (Å²) in [5.74, 6) is -5.30. The first-order valence-corrected chi connectivity index (χ1v) is 9.99. The van der Waals surface area contributed by atoms with Gasteiger partial charge in [0.05, 0.1) is 22.6 Å². The Morgan fingerprint density at radius 2 is 1.71 bits per heavy atom. The summed E-state index contributed by atoms with van der Waals surface area (Å²) in [6.45, 7) is 1.15. The van der Waals surface area contributed by atoms with Gasteiger partial charge in [0.15, 0.2) is 17.3 Å². The fraction of sp³-hybridized carbons (Fsp3) is 0.174. The molecule has 1 heterocycles.